The molecule has 92 valence electrons. The third kappa shape index (κ3) is 2.12. The SMILES string of the molecule is C[C@@H](c1ccccc1)N1COc2ccccc2C1. The Hall–Kier alpha value is -1.80. The van der Waals surface area contributed by atoms with Crippen molar-refractivity contribution in [3.63, 3.8) is 0 Å². The molecule has 0 unspecified atom stereocenters. The number of nitrogens with zero attached hydrogens (tertiary/aromatic N) is 1. The summed E-state index contributed by atoms with van der Waals surface area (Å²) in [5.74, 6) is 1.02. The zero-order chi connectivity index (χ0) is 12.4. The molecule has 1 aliphatic heterocycles. The van der Waals surface area contributed by atoms with Crippen LogP contribution < -0.4 is 4.74 Å². The second kappa shape index (κ2) is 4.83. The predicted octanol–water partition coefficient (Wildman–Crippen LogP) is 3.60. The van der Waals surface area contributed by atoms with Crippen molar-refractivity contribution in [2.24, 2.45) is 0 Å². The van der Waals surface area contributed by atoms with E-state index in [1.807, 2.05) is 12.1 Å². The van der Waals surface area contributed by atoms with E-state index in [0.29, 0.717) is 12.8 Å². The van der Waals surface area contributed by atoms with Crippen molar-refractivity contribution in [1.82, 2.24) is 4.90 Å². The van der Waals surface area contributed by atoms with Gasteiger partial charge in [0.05, 0.1) is 0 Å². The molecule has 1 heterocycles. The second-order valence-electron chi connectivity index (χ2n) is 4.71. The number of fused-ring (bicyclic) bond motifs is 1. The number of hydrogen-bond donors (Lipinski definition) is 0. The van der Waals surface area contributed by atoms with Crippen molar-refractivity contribution in [3.05, 3.63) is 65.7 Å². The third-order valence-corrected chi connectivity index (χ3v) is 3.56. The third-order valence-electron chi connectivity index (χ3n) is 3.56. The summed E-state index contributed by atoms with van der Waals surface area (Å²) in [5.41, 5.74) is 2.60. The summed E-state index contributed by atoms with van der Waals surface area (Å²) >= 11 is 0. The lowest BCUT2D eigenvalue weighted by molar-refractivity contribution is 0.0618. The Bertz CT molecular complexity index is 524. The second-order valence-corrected chi connectivity index (χ2v) is 4.71. The van der Waals surface area contributed by atoms with Crippen molar-refractivity contribution in [3.8, 4) is 5.75 Å². The van der Waals surface area contributed by atoms with Gasteiger partial charge in [-0.25, -0.2) is 0 Å². The Morgan fingerprint density at radius 2 is 1.72 bits per heavy atom. The first kappa shape index (κ1) is 11.3. The number of benzene rings is 2. The fraction of sp³-hybridized carbons (Fsp3) is 0.250. The minimum atomic E-state index is 0.375. The molecule has 0 bridgehead atoms. The maximum Gasteiger partial charge on any atom is 0.142 e. The summed E-state index contributed by atoms with van der Waals surface area (Å²) in [4.78, 5) is 2.34. The smallest absolute Gasteiger partial charge is 0.142 e. The lowest BCUT2D eigenvalue weighted by Gasteiger charge is -2.33. The lowest BCUT2D eigenvalue weighted by Crippen LogP contribution is -2.34. The number of para-hydroxylation sites is 1. The molecule has 0 aliphatic carbocycles. The van der Waals surface area contributed by atoms with E-state index >= 15 is 0 Å². The van der Waals surface area contributed by atoms with E-state index in [1.165, 1.54) is 11.1 Å². The molecule has 0 aromatic heterocycles. The minimum absolute atomic E-state index is 0.375. The van der Waals surface area contributed by atoms with Gasteiger partial charge in [0.1, 0.15) is 12.5 Å². The summed E-state index contributed by atoms with van der Waals surface area (Å²) < 4.78 is 5.80. The number of hydrogen-bond acceptors (Lipinski definition) is 2. The molecule has 0 N–H and O–H groups in total. The molecule has 0 saturated carbocycles. The van der Waals surface area contributed by atoms with Crippen LogP contribution in [0.15, 0.2) is 54.6 Å². The first-order chi connectivity index (χ1) is 8.84. The van der Waals surface area contributed by atoms with E-state index in [1.54, 1.807) is 0 Å². The fourth-order valence-corrected chi connectivity index (χ4v) is 2.38. The van der Waals surface area contributed by atoms with Crippen LogP contribution >= 0.6 is 0 Å². The highest BCUT2D eigenvalue weighted by atomic mass is 16.5. The zero-order valence-electron chi connectivity index (χ0n) is 10.5. The van der Waals surface area contributed by atoms with Gasteiger partial charge in [-0.15, -0.1) is 0 Å². The largest absolute Gasteiger partial charge is 0.478 e. The van der Waals surface area contributed by atoms with Gasteiger partial charge in [0, 0.05) is 18.2 Å². The Morgan fingerprint density at radius 3 is 2.56 bits per heavy atom. The Kier molecular flexibility index (Phi) is 3.03. The van der Waals surface area contributed by atoms with Crippen LogP contribution in [0.25, 0.3) is 0 Å². The molecule has 3 rings (SSSR count). The standard InChI is InChI=1S/C16H17NO/c1-13(14-7-3-2-4-8-14)17-11-15-9-5-6-10-16(15)18-12-17/h2-10,13H,11-12H2,1H3/t13-/m0/s1. The van der Waals surface area contributed by atoms with Crippen molar-refractivity contribution in [1.29, 1.82) is 0 Å². The van der Waals surface area contributed by atoms with Gasteiger partial charge in [-0.05, 0) is 18.6 Å². The number of ether oxygens (including phenoxy) is 1. The normalized spacial score (nSPS) is 16.7. The molecule has 0 saturated heterocycles. The minimum Gasteiger partial charge on any atom is -0.478 e. The van der Waals surface area contributed by atoms with Crippen LogP contribution in [0.3, 0.4) is 0 Å². The Labute approximate surface area is 108 Å². The van der Waals surface area contributed by atoms with Crippen LogP contribution in [0.1, 0.15) is 24.1 Å². The van der Waals surface area contributed by atoms with Gasteiger partial charge in [-0.3, -0.25) is 4.90 Å². The highest BCUT2D eigenvalue weighted by molar-refractivity contribution is 5.34. The molecule has 2 heteroatoms. The quantitative estimate of drug-likeness (QED) is 0.794. The van der Waals surface area contributed by atoms with Gasteiger partial charge in [-0.1, -0.05) is 48.5 Å². The van der Waals surface area contributed by atoms with Gasteiger partial charge in [0.25, 0.3) is 0 Å². The first-order valence-electron chi connectivity index (χ1n) is 6.34. The molecule has 1 atom stereocenters. The van der Waals surface area contributed by atoms with Crippen LogP contribution in [0.5, 0.6) is 5.75 Å². The Morgan fingerprint density at radius 1 is 1.00 bits per heavy atom. The molecule has 1 aliphatic rings. The van der Waals surface area contributed by atoms with Crippen LogP contribution in [-0.2, 0) is 6.54 Å². The average Bonchev–Trinajstić information content (AvgIpc) is 2.47. The molecule has 0 fully saturated rings. The zero-order valence-corrected chi connectivity index (χ0v) is 10.5. The fourth-order valence-electron chi connectivity index (χ4n) is 2.38. The maximum absolute atomic E-state index is 5.80. The van der Waals surface area contributed by atoms with Crippen molar-refractivity contribution in [2.45, 2.75) is 19.5 Å². The highest BCUT2D eigenvalue weighted by Crippen LogP contribution is 2.29. The molecule has 0 amide bonds. The topological polar surface area (TPSA) is 12.5 Å². The van der Waals surface area contributed by atoms with E-state index in [-0.39, 0.29) is 0 Å². The summed E-state index contributed by atoms with van der Waals surface area (Å²) in [7, 11) is 0. The van der Waals surface area contributed by atoms with Gasteiger partial charge in [0.15, 0.2) is 0 Å². The molecular weight excluding hydrogens is 222 g/mol. The summed E-state index contributed by atoms with van der Waals surface area (Å²) in [6.45, 7) is 3.84. The average molecular weight is 239 g/mol. The van der Waals surface area contributed by atoms with Crippen molar-refractivity contribution >= 4 is 0 Å². The van der Waals surface area contributed by atoms with Crippen LogP contribution in [0.2, 0.25) is 0 Å². The van der Waals surface area contributed by atoms with Crippen LogP contribution in [0, 0.1) is 0 Å². The van der Waals surface area contributed by atoms with E-state index in [4.69, 9.17) is 4.74 Å². The molecule has 2 aromatic rings. The molecular formula is C16H17NO. The van der Waals surface area contributed by atoms with Gasteiger partial charge >= 0.3 is 0 Å². The molecule has 0 spiro atoms. The van der Waals surface area contributed by atoms with E-state index in [9.17, 15) is 0 Å². The summed E-state index contributed by atoms with van der Waals surface area (Å²) in [6.07, 6.45) is 0. The maximum atomic E-state index is 5.80. The molecule has 0 radical (unpaired) electrons. The van der Waals surface area contributed by atoms with Gasteiger partial charge in [-0.2, -0.15) is 0 Å². The molecule has 2 nitrogen and oxygen atoms in total. The molecule has 18 heavy (non-hydrogen) atoms. The lowest BCUT2D eigenvalue weighted by atomic mass is 10.1. The van der Waals surface area contributed by atoms with Crippen molar-refractivity contribution < 1.29 is 4.74 Å². The van der Waals surface area contributed by atoms with Gasteiger partial charge < -0.3 is 4.74 Å². The summed E-state index contributed by atoms with van der Waals surface area (Å²) in [5, 5.41) is 0. The van der Waals surface area contributed by atoms with E-state index < -0.39 is 0 Å². The Balaban J connectivity index is 1.80. The summed E-state index contributed by atoms with van der Waals surface area (Å²) in [6, 6.07) is 19.2. The van der Waals surface area contributed by atoms with E-state index in [0.717, 1.165) is 12.3 Å². The van der Waals surface area contributed by atoms with Crippen LogP contribution in [0.4, 0.5) is 0 Å². The van der Waals surface area contributed by atoms with Crippen LogP contribution in [-0.4, -0.2) is 11.6 Å². The first-order valence-corrected chi connectivity index (χ1v) is 6.34. The highest BCUT2D eigenvalue weighted by Gasteiger charge is 2.22. The predicted molar refractivity (Wildman–Crippen MR) is 72.3 cm³/mol. The molecule has 2 aromatic carbocycles. The van der Waals surface area contributed by atoms with Gasteiger partial charge in [0.2, 0.25) is 0 Å². The monoisotopic (exact) mass is 239 g/mol. The van der Waals surface area contributed by atoms with Crippen molar-refractivity contribution in [2.75, 3.05) is 6.73 Å². The number of rotatable bonds is 2. The van der Waals surface area contributed by atoms with E-state index in [2.05, 4.69) is 54.3 Å².